The van der Waals surface area contributed by atoms with Gasteiger partial charge in [-0.05, 0) is 30.7 Å². The van der Waals surface area contributed by atoms with Gasteiger partial charge in [0, 0.05) is 11.3 Å². The number of carbonyl (C=O) groups excluding carboxylic acids is 1. The third kappa shape index (κ3) is 4.83. The van der Waals surface area contributed by atoms with Crippen LogP contribution in [0.15, 0.2) is 48.5 Å². The summed E-state index contributed by atoms with van der Waals surface area (Å²) in [6, 6.07) is 16.7. The smallest absolute Gasteiger partial charge is 0.252 e. The van der Waals surface area contributed by atoms with Crippen LogP contribution in [0, 0.1) is 11.3 Å². The summed E-state index contributed by atoms with van der Waals surface area (Å²) >= 11 is 0. The van der Waals surface area contributed by atoms with Crippen molar-refractivity contribution in [2.24, 2.45) is 0 Å². The van der Waals surface area contributed by atoms with Gasteiger partial charge in [-0.1, -0.05) is 30.3 Å². The van der Waals surface area contributed by atoms with Crippen LogP contribution in [0.1, 0.15) is 18.1 Å². The quantitative estimate of drug-likeness (QED) is 0.859. The number of carbonyl (C=O) groups is 1. The minimum atomic E-state index is -1.07. The highest BCUT2D eigenvalue weighted by molar-refractivity contribution is 5.94. The van der Waals surface area contributed by atoms with E-state index in [4.69, 9.17) is 10.00 Å². The molecule has 2 rings (SSSR count). The predicted octanol–water partition coefficient (Wildman–Crippen LogP) is 2.65. The van der Waals surface area contributed by atoms with Gasteiger partial charge in [0.25, 0.3) is 5.91 Å². The number of amides is 1. The fourth-order valence-electron chi connectivity index (χ4n) is 1.96. The summed E-state index contributed by atoms with van der Waals surface area (Å²) in [4.78, 5) is 11.6. The van der Waals surface area contributed by atoms with Gasteiger partial charge in [-0.3, -0.25) is 4.79 Å². The van der Waals surface area contributed by atoms with E-state index in [1.165, 1.54) is 6.92 Å². The maximum absolute atomic E-state index is 11.6. The van der Waals surface area contributed by atoms with Crippen molar-refractivity contribution in [3.05, 3.63) is 59.7 Å². The van der Waals surface area contributed by atoms with E-state index in [2.05, 4.69) is 11.4 Å². The molecule has 1 amide bonds. The third-order valence-corrected chi connectivity index (χ3v) is 3.26. The molecule has 0 saturated carbocycles. The van der Waals surface area contributed by atoms with Crippen LogP contribution in [0.2, 0.25) is 0 Å². The van der Waals surface area contributed by atoms with Crippen molar-refractivity contribution in [1.29, 1.82) is 5.26 Å². The lowest BCUT2D eigenvalue weighted by atomic mass is 10.1. The Bertz CT molecular complexity index is 703. The largest absolute Gasteiger partial charge is 0.489 e. The van der Waals surface area contributed by atoms with E-state index < -0.39 is 12.0 Å². The van der Waals surface area contributed by atoms with Crippen LogP contribution in [0.4, 0.5) is 5.69 Å². The zero-order chi connectivity index (χ0) is 16.7. The van der Waals surface area contributed by atoms with E-state index in [1.807, 2.05) is 36.4 Å². The Morgan fingerprint density at radius 1 is 1.26 bits per heavy atom. The number of anilines is 1. The Kier molecular flexibility index (Phi) is 5.73. The Balaban J connectivity index is 2.03. The van der Waals surface area contributed by atoms with E-state index in [1.54, 1.807) is 12.1 Å². The monoisotopic (exact) mass is 310 g/mol. The van der Waals surface area contributed by atoms with E-state index in [-0.39, 0.29) is 6.61 Å². The molecule has 0 bridgehead atoms. The van der Waals surface area contributed by atoms with Crippen LogP contribution in [0.25, 0.3) is 0 Å². The molecule has 118 valence electrons. The van der Waals surface area contributed by atoms with E-state index in [9.17, 15) is 9.90 Å². The summed E-state index contributed by atoms with van der Waals surface area (Å²) < 4.78 is 5.71. The number of ether oxygens (including phenoxy) is 1. The molecule has 0 aliphatic heterocycles. The first kappa shape index (κ1) is 16.5. The second kappa shape index (κ2) is 7.97. The summed E-state index contributed by atoms with van der Waals surface area (Å²) in [6.45, 7) is 1.70. The Hall–Kier alpha value is -2.84. The van der Waals surface area contributed by atoms with Crippen LogP contribution in [-0.2, 0) is 17.8 Å². The predicted molar refractivity (Wildman–Crippen MR) is 86.8 cm³/mol. The fourth-order valence-corrected chi connectivity index (χ4v) is 1.96. The first-order chi connectivity index (χ1) is 11.1. The van der Waals surface area contributed by atoms with Gasteiger partial charge in [-0.25, -0.2) is 0 Å². The molecular weight excluding hydrogens is 292 g/mol. The number of para-hydroxylation sites is 1. The number of nitrogens with zero attached hydrogens (tertiary/aromatic N) is 1. The van der Waals surface area contributed by atoms with Crippen molar-refractivity contribution < 1.29 is 14.6 Å². The molecule has 1 unspecified atom stereocenters. The summed E-state index contributed by atoms with van der Waals surface area (Å²) in [6.07, 6.45) is -0.703. The standard InChI is InChI=1S/C18H18N2O3/c1-13(21)18(22)20-17-5-3-2-4-15(17)12-23-16-8-6-14(7-9-16)10-11-19/h2-9,13,21H,10,12H2,1H3,(H,20,22). The SMILES string of the molecule is CC(O)C(=O)Nc1ccccc1COc1ccc(CC#N)cc1. The molecule has 0 aromatic heterocycles. The first-order valence-corrected chi connectivity index (χ1v) is 7.25. The number of benzene rings is 2. The normalized spacial score (nSPS) is 11.3. The second-order valence-electron chi connectivity index (χ2n) is 5.09. The molecule has 0 aliphatic carbocycles. The number of aliphatic hydroxyl groups is 1. The van der Waals surface area contributed by atoms with E-state index >= 15 is 0 Å². The third-order valence-electron chi connectivity index (χ3n) is 3.26. The number of hydrogen-bond donors (Lipinski definition) is 2. The topological polar surface area (TPSA) is 82.3 Å². The molecule has 0 spiro atoms. The second-order valence-corrected chi connectivity index (χ2v) is 5.09. The number of nitriles is 1. The Labute approximate surface area is 135 Å². The van der Waals surface area contributed by atoms with E-state index in [0.717, 1.165) is 11.1 Å². The highest BCUT2D eigenvalue weighted by atomic mass is 16.5. The lowest BCUT2D eigenvalue weighted by Crippen LogP contribution is -2.25. The van der Waals surface area contributed by atoms with Gasteiger partial charge >= 0.3 is 0 Å². The molecule has 5 heteroatoms. The maximum Gasteiger partial charge on any atom is 0.252 e. The zero-order valence-corrected chi connectivity index (χ0v) is 12.8. The summed E-state index contributed by atoms with van der Waals surface area (Å²) in [5.41, 5.74) is 2.35. The number of rotatable bonds is 6. The Morgan fingerprint density at radius 2 is 1.96 bits per heavy atom. The molecule has 0 aliphatic rings. The van der Waals surface area contributed by atoms with Crippen molar-refractivity contribution in [1.82, 2.24) is 0 Å². The zero-order valence-electron chi connectivity index (χ0n) is 12.8. The molecule has 5 nitrogen and oxygen atoms in total. The van der Waals surface area contributed by atoms with Gasteiger partial charge < -0.3 is 15.2 Å². The van der Waals surface area contributed by atoms with Crippen LogP contribution in [-0.4, -0.2) is 17.1 Å². The van der Waals surface area contributed by atoms with Gasteiger partial charge in [0.2, 0.25) is 0 Å². The summed E-state index contributed by atoms with van der Waals surface area (Å²) in [5, 5.41) is 20.6. The van der Waals surface area contributed by atoms with Crippen molar-refractivity contribution in [3.8, 4) is 11.8 Å². The van der Waals surface area contributed by atoms with Gasteiger partial charge in [0.05, 0.1) is 12.5 Å². The lowest BCUT2D eigenvalue weighted by Gasteiger charge is -2.13. The van der Waals surface area contributed by atoms with Gasteiger partial charge in [-0.15, -0.1) is 0 Å². The molecule has 0 radical (unpaired) electrons. The van der Waals surface area contributed by atoms with Crippen molar-refractivity contribution >= 4 is 11.6 Å². The summed E-state index contributed by atoms with van der Waals surface area (Å²) in [5.74, 6) is 0.224. The molecular formula is C18H18N2O3. The lowest BCUT2D eigenvalue weighted by molar-refractivity contribution is -0.123. The van der Waals surface area contributed by atoms with Gasteiger partial charge in [0.15, 0.2) is 0 Å². The average molecular weight is 310 g/mol. The minimum absolute atomic E-state index is 0.286. The fraction of sp³-hybridized carbons (Fsp3) is 0.222. The van der Waals surface area contributed by atoms with Crippen molar-refractivity contribution in [2.75, 3.05) is 5.32 Å². The number of hydrogen-bond acceptors (Lipinski definition) is 4. The van der Waals surface area contributed by atoms with Crippen LogP contribution in [0.5, 0.6) is 5.75 Å². The number of aliphatic hydroxyl groups excluding tert-OH is 1. The highest BCUT2D eigenvalue weighted by Crippen LogP contribution is 2.19. The molecule has 2 aromatic carbocycles. The van der Waals surface area contributed by atoms with Crippen molar-refractivity contribution in [3.63, 3.8) is 0 Å². The molecule has 0 fully saturated rings. The molecule has 2 aromatic rings. The molecule has 0 heterocycles. The number of nitrogens with one attached hydrogen (secondary N) is 1. The minimum Gasteiger partial charge on any atom is -0.489 e. The van der Waals surface area contributed by atoms with Crippen LogP contribution >= 0.6 is 0 Å². The van der Waals surface area contributed by atoms with Crippen LogP contribution < -0.4 is 10.1 Å². The van der Waals surface area contributed by atoms with Crippen LogP contribution in [0.3, 0.4) is 0 Å². The van der Waals surface area contributed by atoms with Crippen molar-refractivity contribution in [2.45, 2.75) is 26.1 Å². The first-order valence-electron chi connectivity index (χ1n) is 7.25. The van der Waals surface area contributed by atoms with E-state index in [0.29, 0.717) is 17.9 Å². The molecule has 23 heavy (non-hydrogen) atoms. The highest BCUT2D eigenvalue weighted by Gasteiger charge is 2.11. The average Bonchev–Trinajstić information content (AvgIpc) is 2.55. The van der Waals surface area contributed by atoms with Gasteiger partial charge in [-0.2, -0.15) is 5.26 Å². The molecule has 2 N–H and O–H groups in total. The molecule has 1 atom stereocenters. The summed E-state index contributed by atoms with van der Waals surface area (Å²) in [7, 11) is 0. The maximum atomic E-state index is 11.6. The van der Waals surface area contributed by atoms with Gasteiger partial charge in [0.1, 0.15) is 18.5 Å². The Morgan fingerprint density at radius 3 is 2.61 bits per heavy atom. The molecule has 0 saturated heterocycles.